The summed E-state index contributed by atoms with van der Waals surface area (Å²) in [5.74, 6) is -0.186. The van der Waals surface area contributed by atoms with Gasteiger partial charge in [0.05, 0.1) is 0 Å². The number of hydrogen-bond acceptors (Lipinski definition) is 2. The van der Waals surface area contributed by atoms with Gasteiger partial charge >= 0.3 is 0 Å². The molecule has 0 spiro atoms. The second-order valence-corrected chi connectivity index (χ2v) is 4.39. The van der Waals surface area contributed by atoms with E-state index in [4.69, 9.17) is 5.73 Å². The van der Waals surface area contributed by atoms with Gasteiger partial charge in [0.2, 0.25) is 0 Å². The molecule has 96 valence electrons. The SMILES string of the molecule is CCCCN(CC)Cc1cc(F)cc(CN)c1. The lowest BCUT2D eigenvalue weighted by molar-refractivity contribution is 0.275. The molecule has 0 bridgehead atoms. The van der Waals surface area contributed by atoms with Crippen LogP contribution in [-0.2, 0) is 13.1 Å². The molecule has 0 aliphatic heterocycles. The Balaban J connectivity index is 2.68. The van der Waals surface area contributed by atoms with Crippen LogP contribution in [0.4, 0.5) is 4.39 Å². The van der Waals surface area contributed by atoms with E-state index >= 15 is 0 Å². The van der Waals surface area contributed by atoms with Crippen LogP contribution in [-0.4, -0.2) is 18.0 Å². The first-order valence-electron chi connectivity index (χ1n) is 6.40. The van der Waals surface area contributed by atoms with Gasteiger partial charge in [-0.1, -0.05) is 26.3 Å². The summed E-state index contributed by atoms with van der Waals surface area (Å²) < 4.78 is 13.3. The highest BCUT2D eigenvalue weighted by molar-refractivity contribution is 5.24. The quantitative estimate of drug-likeness (QED) is 0.791. The minimum Gasteiger partial charge on any atom is -0.326 e. The molecule has 1 aromatic rings. The first-order valence-corrected chi connectivity index (χ1v) is 6.40. The van der Waals surface area contributed by atoms with E-state index in [9.17, 15) is 4.39 Å². The maximum absolute atomic E-state index is 13.3. The number of rotatable bonds is 7. The highest BCUT2D eigenvalue weighted by Gasteiger charge is 2.05. The molecule has 3 heteroatoms. The van der Waals surface area contributed by atoms with E-state index in [0.29, 0.717) is 6.54 Å². The van der Waals surface area contributed by atoms with Crippen LogP contribution >= 0.6 is 0 Å². The van der Waals surface area contributed by atoms with Crippen molar-refractivity contribution in [3.63, 3.8) is 0 Å². The van der Waals surface area contributed by atoms with Gasteiger partial charge in [0, 0.05) is 13.1 Å². The topological polar surface area (TPSA) is 29.3 Å². The predicted octanol–water partition coefficient (Wildman–Crippen LogP) is 2.91. The van der Waals surface area contributed by atoms with Gasteiger partial charge in [0.25, 0.3) is 0 Å². The van der Waals surface area contributed by atoms with Gasteiger partial charge in [0.15, 0.2) is 0 Å². The fourth-order valence-electron chi connectivity index (χ4n) is 1.92. The van der Waals surface area contributed by atoms with E-state index in [-0.39, 0.29) is 5.82 Å². The van der Waals surface area contributed by atoms with Crippen molar-refractivity contribution in [2.75, 3.05) is 13.1 Å². The summed E-state index contributed by atoms with van der Waals surface area (Å²) in [6.07, 6.45) is 2.38. The zero-order valence-electron chi connectivity index (χ0n) is 10.9. The normalized spacial score (nSPS) is 11.1. The first kappa shape index (κ1) is 14.1. The molecule has 0 fully saturated rings. The van der Waals surface area contributed by atoms with Crippen LogP contribution in [0.15, 0.2) is 18.2 Å². The molecule has 0 heterocycles. The van der Waals surface area contributed by atoms with Gasteiger partial charge in [-0.05, 0) is 42.8 Å². The molecule has 0 atom stereocenters. The second kappa shape index (κ2) is 7.41. The third-order valence-electron chi connectivity index (χ3n) is 2.93. The zero-order chi connectivity index (χ0) is 12.7. The fraction of sp³-hybridized carbons (Fsp3) is 0.571. The lowest BCUT2D eigenvalue weighted by Crippen LogP contribution is -2.24. The van der Waals surface area contributed by atoms with Crippen LogP contribution in [0.1, 0.15) is 37.8 Å². The molecule has 0 saturated heterocycles. The van der Waals surface area contributed by atoms with E-state index in [2.05, 4.69) is 18.7 Å². The van der Waals surface area contributed by atoms with Gasteiger partial charge in [-0.15, -0.1) is 0 Å². The lowest BCUT2D eigenvalue weighted by atomic mass is 10.1. The smallest absolute Gasteiger partial charge is 0.123 e. The molecule has 0 aromatic heterocycles. The molecule has 1 aromatic carbocycles. The number of benzene rings is 1. The highest BCUT2D eigenvalue weighted by atomic mass is 19.1. The van der Waals surface area contributed by atoms with Crippen LogP contribution in [0.2, 0.25) is 0 Å². The molecule has 0 aliphatic rings. The number of hydrogen-bond donors (Lipinski definition) is 1. The molecule has 0 unspecified atom stereocenters. The van der Waals surface area contributed by atoms with Crippen molar-refractivity contribution < 1.29 is 4.39 Å². The van der Waals surface area contributed by atoms with Gasteiger partial charge in [-0.3, -0.25) is 4.90 Å². The Morgan fingerprint density at radius 2 is 1.88 bits per heavy atom. The van der Waals surface area contributed by atoms with Crippen LogP contribution < -0.4 is 5.73 Å². The largest absolute Gasteiger partial charge is 0.326 e. The van der Waals surface area contributed by atoms with Crippen molar-refractivity contribution in [2.24, 2.45) is 5.73 Å². The number of halogens is 1. The Labute approximate surface area is 104 Å². The summed E-state index contributed by atoms with van der Waals surface area (Å²) in [6, 6.07) is 5.11. The van der Waals surface area contributed by atoms with Gasteiger partial charge in [-0.25, -0.2) is 4.39 Å². The number of unbranched alkanes of at least 4 members (excludes halogenated alkanes) is 1. The Bertz CT molecular complexity index is 339. The van der Waals surface area contributed by atoms with Crippen molar-refractivity contribution >= 4 is 0 Å². The lowest BCUT2D eigenvalue weighted by Gasteiger charge is -2.20. The summed E-state index contributed by atoms with van der Waals surface area (Å²) in [7, 11) is 0. The minimum absolute atomic E-state index is 0.186. The number of nitrogens with two attached hydrogens (primary N) is 1. The monoisotopic (exact) mass is 238 g/mol. The van der Waals surface area contributed by atoms with Crippen molar-refractivity contribution in [3.05, 3.63) is 35.1 Å². The Hall–Kier alpha value is -0.930. The maximum Gasteiger partial charge on any atom is 0.123 e. The van der Waals surface area contributed by atoms with Gasteiger partial charge < -0.3 is 5.73 Å². The minimum atomic E-state index is -0.186. The standard InChI is InChI=1S/C14H23FN2/c1-3-5-6-17(4-2)11-13-7-12(10-16)8-14(15)9-13/h7-9H,3-6,10-11,16H2,1-2H3. The Morgan fingerprint density at radius 1 is 1.18 bits per heavy atom. The van der Waals surface area contributed by atoms with Crippen molar-refractivity contribution in [1.82, 2.24) is 4.90 Å². The Morgan fingerprint density at radius 3 is 2.47 bits per heavy atom. The molecule has 2 nitrogen and oxygen atoms in total. The highest BCUT2D eigenvalue weighted by Crippen LogP contribution is 2.12. The van der Waals surface area contributed by atoms with E-state index in [1.807, 2.05) is 6.07 Å². The van der Waals surface area contributed by atoms with E-state index in [1.54, 1.807) is 6.07 Å². The average Bonchev–Trinajstić information content (AvgIpc) is 2.33. The van der Waals surface area contributed by atoms with Crippen LogP contribution in [0.25, 0.3) is 0 Å². The fourth-order valence-corrected chi connectivity index (χ4v) is 1.92. The van der Waals surface area contributed by atoms with E-state index in [0.717, 1.165) is 30.8 Å². The molecule has 0 saturated carbocycles. The van der Waals surface area contributed by atoms with Gasteiger partial charge in [0.1, 0.15) is 5.82 Å². The zero-order valence-corrected chi connectivity index (χ0v) is 10.9. The van der Waals surface area contributed by atoms with Crippen molar-refractivity contribution in [3.8, 4) is 0 Å². The third kappa shape index (κ3) is 4.84. The van der Waals surface area contributed by atoms with E-state index < -0.39 is 0 Å². The summed E-state index contributed by atoms with van der Waals surface area (Å²) in [6.45, 7) is 7.59. The summed E-state index contributed by atoms with van der Waals surface area (Å²) in [5, 5.41) is 0. The molecule has 1 rings (SSSR count). The molecule has 17 heavy (non-hydrogen) atoms. The van der Waals surface area contributed by atoms with Gasteiger partial charge in [-0.2, -0.15) is 0 Å². The van der Waals surface area contributed by atoms with E-state index in [1.165, 1.54) is 18.9 Å². The van der Waals surface area contributed by atoms with Crippen molar-refractivity contribution in [1.29, 1.82) is 0 Å². The van der Waals surface area contributed by atoms with Crippen LogP contribution in [0.3, 0.4) is 0 Å². The average molecular weight is 238 g/mol. The third-order valence-corrected chi connectivity index (χ3v) is 2.93. The molecule has 0 radical (unpaired) electrons. The first-order chi connectivity index (χ1) is 8.19. The van der Waals surface area contributed by atoms with Crippen LogP contribution in [0, 0.1) is 5.82 Å². The summed E-state index contributed by atoms with van der Waals surface area (Å²) in [4.78, 5) is 2.33. The van der Waals surface area contributed by atoms with Crippen molar-refractivity contribution in [2.45, 2.75) is 39.8 Å². The Kier molecular flexibility index (Phi) is 6.16. The second-order valence-electron chi connectivity index (χ2n) is 4.39. The number of nitrogens with zero attached hydrogens (tertiary/aromatic N) is 1. The van der Waals surface area contributed by atoms with Crippen LogP contribution in [0.5, 0.6) is 0 Å². The summed E-state index contributed by atoms with van der Waals surface area (Å²) in [5.41, 5.74) is 7.44. The molecule has 2 N–H and O–H groups in total. The molecule has 0 aliphatic carbocycles. The molecular weight excluding hydrogens is 215 g/mol. The summed E-state index contributed by atoms with van der Waals surface area (Å²) >= 11 is 0. The maximum atomic E-state index is 13.3. The molecular formula is C14H23FN2. The molecule has 0 amide bonds. The predicted molar refractivity (Wildman–Crippen MR) is 70.2 cm³/mol.